The molecule has 3 rings (SSSR count). The summed E-state index contributed by atoms with van der Waals surface area (Å²) in [5.41, 5.74) is 3.25. The Morgan fingerprint density at radius 1 is 1.33 bits per heavy atom. The van der Waals surface area contributed by atoms with Gasteiger partial charge in [-0.05, 0) is 49.2 Å². The lowest BCUT2D eigenvalue weighted by atomic mass is 10.1. The number of fused-ring (bicyclic) bond motifs is 1. The number of aliphatic carboxylic acids is 1. The number of ketones is 1. The van der Waals surface area contributed by atoms with E-state index in [2.05, 4.69) is 4.98 Å². The molecule has 2 N–H and O–H groups in total. The molecule has 5 nitrogen and oxygen atoms in total. The van der Waals surface area contributed by atoms with Crippen LogP contribution in [0, 0.1) is 0 Å². The number of aromatic nitrogens is 1. The summed E-state index contributed by atoms with van der Waals surface area (Å²) in [5.74, 6) is -0.864. The highest BCUT2D eigenvalue weighted by Gasteiger charge is 2.33. The lowest BCUT2D eigenvalue weighted by molar-refractivity contribution is -0.138. The molecule has 0 spiro atoms. The van der Waals surface area contributed by atoms with Crippen molar-refractivity contribution in [1.82, 2.24) is 4.98 Å². The molecule has 1 aromatic carbocycles. The SMILES string of the molecule is CC(=O)c1ccc2c(c1)CCN2C(C(=O)O)c1ccc[nH]1. The lowest BCUT2D eigenvalue weighted by Crippen LogP contribution is -2.33. The molecule has 2 aromatic rings. The van der Waals surface area contributed by atoms with Crippen molar-refractivity contribution in [3.05, 3.63) is 53.3 Å². The van der Waals surface area contributed by atoms with Crippen LogP contribution in [-0.4, -0.2) is 28.4 Å². The fourth-order valence-corrected chi connectivity index (χ4v) is 2.86. The number of Topliss-reactive ketones (excluding diaryl/α,β-unsaturated/α-hetero) is 1. The summed E-state index contributed by atoms with van der Waals surface area (Å²) < 4.78 is 0. The third kappa shape index (κ3) is 2.31. The monoisotopic (exact) mass is 284 g/mol. The number of hydrogen-bond donors (Lipinski definition) is 2. The van der Waals surface area contributed by atoms with Crippen molar-refractivity contribution >= 4 is 17.4 Å². The number of carboxylic acids is 1. The molecule has 1 unspecified atom stereocenters. The summed E-state index contributed by atoms with van der Waals surface area (Å²) in [7, 11) is 0. The summed E-state index contributed by atoms with van der Waals surface area (Å²) >= 11 is 0. The van der Waals surface area contributed by atoms with Crippen molar-refractivity contribution in [2.24, 2.45) is 0 Å². The molecule has 108 valence electrons. The number of hydrogen-bond acceptors (Lipinski definition) is 3. The van der Waals surface area contributed by atoms with Crippen LogP contribution in [-0.2, 0) is 11.2 Å². The molecule has 0 saturated carbocycles. The Balaban J connectivity index is 1.99. The average molecular weight is 284 g/mol. The quantitative estimate of drug-likeness (QED) is 0.846. The molecule has 2 heterocycles. The van der Waals surface area contributed by atoms with Gasteiger partial charge in [0.1, 0.15) is 0 Å². The third-order valence-corrected chi connectivity index (χ3v) is 3.88. The first-order valence-corrected chi connectivity index (χ1v) is 6.84. The zero-order chi connectivity index (χ0) is 15.0. The molecule has 0 amide bonds. The van der Waals surface area contributed by atoms with Crippen molar-refractivity contribution in [2.75, 3.05) is 11.4 Å². The maximum absolute atomic E-state index is 11.7. The van der Waals surface area contributed by atoms with Crippen LogP contribution in [0.4, 0.5) is 5.69 Å². The van der Waals surface area contributed by atoms with Gasteiger partial charge in [-0.15, -0.1) is 0 Å². The molecule has 1 aliphatic heterocycles. The van der Waals surface area contributed by atoms with Gasteiger partial charge in [-0.2, -0.15) is 0 Å². The minimum atomic E-state index is -0.888. The second kappa shape index (κ2) is 5.09. The molecule has 0 aliphatic carbocycles. The van der Waals surface area contributed by atoms with Crippen LogP contribution in [0.1, 0.15) is 34.6 Å². The first kappa shape index (κ1) is 13.4. The van der Waals surface area contributed by atoms with Gasteiger partial charge in [0, 0.05) is 29.7 Å². The van der Waals surface area contributed by atoms with Crippen LogP contribution in [0.5, 0.6) is 0 Å². The molecule has 1 atom stereocenters. The van der Waals surface area contributed by atoms with Gasteiger partial charge in [-0.25, -0.2) is 4.79 Å². The van der Waals surface area contributed by atoms with Crippen LogP contribution < -0.4 is 4.90 Å². The zero-order valence-corrected chi connectivity index (χ0v) is 11.7. The van der Waals surface area contributed by atoms with Gasteiger partial charge in [0.05, 0.1) is 0 Å². The Morgan fingerprint density at radius 2 is 2.14 bits per heavy atom. The number of carboxylic acid groups (broad SMARTS) is 1. The highest BCUT2D eigenvalue weighted by molar-refractivity contribution is 5.95. The summed E-state index contributed by atoms with van der Waals surface area (Å²) in [4.78, 5) is 27.9. The molecular weight excluding hydrogens is 268 g/mol. The van der Waals surface area contributed by atoms with Crippen molar-refractivity contribution in [3.8, 4) is 0 Å². The zero-order valence-electron chi connectivity index (χ0n) is 11.7. The minimum absolute atomic E-state index is 0.0235. The number of nitrogens with one attached hydrogen (secondary N) is 1. The van der Waals surface area contributed by atoms with Gasteiger partial charge >= 0.3 is 5.97 Å². The Bertz CT molecular complexity index is 692. The van der Waals surface area contributed by atoms with E-state index >= 15 is 0 Å². The Labute approximate surface area is 122 Å². The average Bonchev–Trinajstić information content (AvgIpc) is 3.08. The number of carbonyl (C=O) groups is 2. The summed E-state index contributed by atoms with van der Waals surface area (Å²) in [6.07, 6.45) is 2.47. The predicted molar refractivity (Wildman–Crippen MR) is 78.7 cm³/mol. The Morgan fingerprint density at radius 3 is 2.76 bits per heavy atom. The van der Waals surface area contributed by atoms with E-state index in [-0.39, 0.29) is 5.78 Å². The van der Waals surface area contributed by atoms with E-state index in [0.717, 1.165) is 17.7 Å². The van der Waals surface area contributed by atoms with Gasteiger partial charge < -0.3 is 15.0 Å². The summed E-state index contributed by atoms with van der Waals surface area (Å²) in [6, 6.07) is 8.31. The van der Waals surface area contributed by atoms with Crippen LogP contribution in [0.3, 0.4) is 0 Å². The van der Waals surface area contributed by atoms with E-state index in [9.17, 15) is 14.7 Å². The van der Waals surface area contributed by atoms with Gasteiger partial charge in [0.25, 0.3) is 0 Å². The molecule has 0 bridgehead atoms. The van der Waals surface area contributed by atoms with Crippen LogP contribution in [0.2, 0.25) is 0 Å². The molecule has 5 heteroatoms. The standard InChI is InChI=1S/C16H16N2O3/c1-10(19)11-4-5-14-12(9-11)6-8-18(14)15(16(20)21)13-3-2-7-17-13/h2-5,7,9,15,17H,6,8H2,1H3,(H,20,21). The maximum atomic E-state index is 11.7. The fraction of sp³-hybridized carbons (Fsp3) is 0.250. The van der Waals surface area contributed by atoms with Crippen LogP contribution in [0.25, 0.3) is 0 Å². The smallest absolute Gasteiger partial charge is 0.332 e. The fourth-order valence-electron chi connectivity index (χ4n) is 2.86. The second-order valence-electron chi connectivity index (χ2n) is 5.21. The van der Waals surface area contributed by atoms with E-state index in [1.807, 2.05) is 17.0 Å². The van der Waals surface area contributed by atoms with Gasteiger partial charge in [-0.3, -0.25) is 4.79 Å². The van der Waals surface area contributed by atoms with E-state index in [4.69, 9.17) is 0 Å². The molecule has 0 radical (unpaired) electrons. The van der Waals surface area contributed by atoms with Crippen molar-refractivity contribution < 1.29 is 14.7 Å². The summed E-state index contributed by atoms with van der Waals surface area (Å²) in [5, 5.41) is 9.56. The Hall–Kier alpha value is -2.56. The van der Waals surface area contributed by atoms with Crippen molar-refractivity contribution in [2.45, 2.75) is 19.4 Å². The minimum Gasteiger partial charge on any atom is -0.479 e. The number of anilines is 1. The lowest BCUT2D eigenvalue weighted by Gasteiger charge is -2.26. The maximum Gasteiger partial charge on any atom is 0.332 e. The van der Waals surface area contributed by atoms with Crippen LogP contribution in [0.15, 0.2) is 36.5 Å². The van der Waals surface area contributed by atoms with E-state index in [1.54, 1.807) is 24.4 Å². The molecule has 0 saturated heterocycles. The second-order valence-corrected chi connectivity index (χ2v) is 5.21. The first-order valence-electron chi connectivity index (χ1n) is 6.84. The van der Waals surface area contributed by atoms with Crippen molar-refractivity contribution in [3.63, 3.8) is 0 Å². The number of H-pyrrole nitrogens is 1. The molecule has 1 aliphatic rings. The number of aromatic amines is 1. The van der Waals surface area contributed by atoms with Gasteiger partial charge in [0.2, 0.25) is 0 Å². The number of carbonyl (C=O) groups excluding carboxylic acids is 1. The normalized spacial score (nSPS) is 14.8. The van der Waals surface area contributed by atoms with E-state index in [0.29, 0.717) is 17.8 Å². The van der Waals surface area contributed by atoms with E-state index in [1.165, 1.54) is 6.92 Å². The van der Waals surface area contributed by atoms with Crippen LogP contribution >= 0.6 is 0 Å². The predicted octanol–water partition coefficient (Wildman–Crippen LogP) is 2.41. The Kier molecular flexibility index (Phi) is 3.25. The topological polar surface area (TPSA) is 73.4 Å². The largest absolute Gasteiger partial charge is 0.479 e. The number of benzene rings is 1. The molecule has 21 heavy (non-hydrogen) atoms. The first-order chi connectivity index (χ1) is 10.1. The molecule has 1 aromatic heterocycles. The number of rotatable bonds is 4. The highest BCUT2D eigenvalue weighted by Crippen LogP contribution is 2.35. The number of nitrogens with zero attached hydrogens (tertiary/aromatic N) is 1. The molecule has 0 fully saturated rings. The van der Waals surface area contributed by atoms with E-state index < -0.39 is 12.0 Å². The summed E-state index contributed by atoms with van der Waals surface area (Å²) in [6.45, 7) is 2.17. The highest BCUT2D eigenvalue weighted by atomic mass is 16.4. The van der Waals surface area contributed by atoms with Crippen molar-refractivity contribution in [1.29, 1.82) is 0 Å². The third-order valence-electron chi connectivity index (χ3n) is 3.88. The van der Waals surface area contributed by atoms with Gasteiger partial charge in [0.15, 0.2) is 11.8 Å². The molecular formula is C16H16N2O3. The van der Waals surface area contributed by atoms with Gasteiger partial charge in [-0.1, -0.05) is 0 Å².